The molecule has 2 aromatic heterocycles. The second-order valence-corrected chi connectivity index (χ2v) is 13.4. The number of hydrogen-bond donors (Lipinski definition) is 4. The Morgan fingerprint density at radius 3 is 2.58 bits per heavy atom. The molecular formula is C29H31N3O9S2. The van der Waals surface area contributed by atoms with Gasteiger partial charge in [-0.3, -0.25) is 19.2 Å². The number of pyridine rings is 1. The number of carbonyl (C=O) groups is 3. The maximum atomic E-state index is 14.1. The predicted octanol–water partition coefficient (Wildman–Crippen LogP) is 2.78. The zero-order chi connectivity index (χ0) is 31.2. The van der Waals surface area contributed by atoms with Crippen LogP contribution < -0.4 is 15.0 Å². The Balaban J connectivity index is 1.73. The third-order valence-corrected chi connectivity index (χ3v) is 9.82. The number of ether oxygens (including phenoxy) is 1. The van der Waals surface area contributed by atoms with Crippen LogP contribution in [0.3, 0.4) is 0 Å². The standard InChI is InChI=1S/C29H31N3O9S2/c1-29(13-12-22-19(16-29)10-11-24(33)30-22)43(39,40)31-27(21-7-2-3-8-23(21)41-14-4-9-25(34)35)28(38)32(18-26(36)37)17-20-6-5-15-42-20/h2-3,5-8,10-13,15,27,31H,4,9,14,16-18H2,1H3,(H,30,33)(H,34,35)(H,36,37)/t27-,29?/m0/s1. The fourth-order valence-electron chi connectivity index (χ4n) is 4.65. The molecule has 0 fully saturated rings. The SMILES string of the molecule is CC1(S(=O)(=O)N[C@H](C(=O)N(CC(=O)O)Cc2cccs2)c2ccccc2OCCCC(=O)O)C=Cc2[nH]c(=O)ccc2C1. The lowest BCUT2D eigenvalue weighted by Gasteiger charge is -2.33. The predicted molar refractivity (Wildman–Crippen MR) is 159 cm³/mol. The van der Waals surface area contributed by atoms with E-state index in [1.807, 2.05) is 0 Å². The second kappa shape index (κ2) is 13.4. The first-order valence-electron chi connectivity index (χ1n) is 13.3. The molecule has 12 nitrogen and oxygen atoms in total. The topological polar surface area (TPSA) is 183 Å². The number of rotatable bonds is 14. The van der Waals surface area contributed by atoms with E-state index in [9.17, 15) is 32.7 Å². The van der Waals surface area contributed by atoms with Gasteiger partial charge in [-0.15, -0.1) is 11.3 Å². The van der Waals surface area contributed by atoms with E-state index in [2.05, 4.69) is 9.71 Å². The van der Waals surface area contributed by atoms with Crippen LogP contribution in [0.4, 0.5) is 0 Å². The summed E-state index contributed by atoms with van der Waals surface area (Å²) in [6.07, 6.45) is 2.95. The van der Waals surface area contributed by atoms with Crippen LogP contribution in [0.15, 0.2) is 64.8 Å². The maximum Gasteiger partial charge on any atom is 0.323 e. The number of aromatic amines is 1. The summed E-state index contributed by atoms with van der Waals surface area (Å²) in [5.41, 5.74) is 0.880. The number of para-hydroxylation sites is 1. The van der Waals surface area contributed by atoms with E-state index in [4.69, 9.17) is 9.84 Å². The highest BCUT2D eigenvalue weighted by Gasteiger charge is 2.43. The Kier molecular flexibility index (Phi) is 9.84. The molecule has 1 aliphatic rings. The second-order valence-electron chi connectivity index (χ2n) is 10.2. The highest BCUT2D eigenvalue weighted by molar-refractivity contribution is 7.91. The van der Waals surface area contributed by atoms with E-state index >= 15 is 0 Å². The van der Waals surface area contributed by atoms with Gasteiger partial charge in [-0.2, -0.15) is 4.72 Å². The van der Waals surface area contributed by atoms with Crippen LogP contribution in [0.2, 0.25) is 0 Å². The van der Waals surface area contributed by atoms with Crippen molar-refractivity contribution in [2.45, 2.75) is 43.5 Å². The van der Waals surface area contributed by atoms with Gasteiger partial charge in [-0.05, 0) is 48.9 Å². The number of hydrogen-bond acceptors (Lipinski definition) is 8. The van der Waals surface area contributed by atoms with Gasteiger partial charge in [0, 0.05) is 28.6 Å². The Morgan fingerprint density at radius 2 is 1.88 bits per heavy atom. The smallest absolute Gasteiger partial charge is 0.323 e. The number of carboxylic acid groups (broad SMARTS) is 2. The molecule has 1 aliphatic carbocycles. The van der Waals surface area contributed by atoms with Crippen molar-refractivity contribution >= 4 is 45.3 Å². The number of H-pyrrole nitrogens is 1. The minimum absolute atomic E-state index is 0.00672. The van der Waals surface area contributed by atoms with Crippen LogP contribution in [0, 0.1) is 0 Å². The van der Waals surface area contributed by atoms with Crippen LogP contribution in [-0.4, -0.2) is 64.3 Å². The first kappa shape index (κ1) is 31.7. The zero-order valence-electron chi connectivity index (χ0n) is 23.2. The van der Waals surface area contributed by atoms with Gasteiger partial charge in [0.2, 0.25) is 21.5 Å². The average molecular weight is 630 g/mol. The Labute approximate surface area is 251 Å². The van der Waals surface area contributed by atoms with Crippen LogP contribution in [0.5, 0.6) is 5.75 Å². The molecule has 0 bridgehead atoms. The molecule has 2 atom stereocenters. The summed E-state index contributed by atoms with van der Waals surface area (Å²) in [7, 11) is -4.36. The van der Waals surface area contributed by atoms with Crippen LogP contribution in [-0.2, 0) is 37.4 Å². The first-order chi connectivity index (χ1) is 20.4. The number of aromatic nitrogens is 1. The molecule has 43 heavy (non-hydrogen) atoms. The van der Waals surface area contributed by atoms with E-state index in [0.29, 0.717) is 16.1 Å². The van der Waals surface area contributed by atoms with Gasteiger partial charge in [0.1, 0.15) is 23.1 Å². The number of amides is 1. The third kappa shape index (κ3) is 7.77. The van der Waals surface area contributed by atoms with Crippen molar-refractivity contribution in [3.8, 4) is 5.75 Å². The van der Waals surface area contributed by atoms with Crippen molar-refractivity contribution in [2.75, 3.05) is 13.2 Å². The lowest BCUT2D eigenvalue weighted by atomic mass is 9.93. The van der Waals surface area contributed by atoms with Crippen molar-refractivity contribution in [3.63, 3.8) is 0 Å². The summed E-state index contributed by atoms with van der Waals surface area (Å²) in [4.78, 5) is 53.0. The summed E-state index contributed by atoms with van der Waals surface area (Å²) < 4.78 is 34.9. The number of sulfonamides is 1. The summed E-state index contributed by atoms with van der Waals surface area (Å²) in [5, 5.41) is 20.4. The monoisotopic (exact) mass is 629 g/mol. The Hall–Kier alpha value is -4.27. The minimum atomic E-state index is -4.36. The van der Waals surface area contributed by atoms with Crippen LogP contribution in [0.1, 0.15) is 47.5 Å². The van der Waals surface area contributed by atoms with Crippen molar-refractivity contribution in [2.24, 2.45) is 0 Å². The van der Waals surface area contributed by atoms with Crippen molar-refractivity contribution in [1.29, 1.82) is 0 Å². The van der Waals surface area contributed by atoms with Crippen molar-refractivity contribution in [1.82, 2.24) is 14.6 Å². The molecule has 1 aromatic carbocycles. The molecule has 0 radical (unpaired) electrons. The van der Waals surface area contributed by atoms with Crippen molar-refractivity contribution in [3.05, 3.63) is 92.0 Å². The first-order valence-corrected chi connectivity index (χ1v) is 15.6. The number of nitrogens with one attached hydrogen (secondary N) is 2. The number of carboxylic acids is 2. The van der Waals surface area contributed by atoms with E-state index in [1.165, 1.54) is 48.6 Å². The molecule has 4 rings (SSSR count). The number of fused-ring (bicyclic) bond motifs is 1. The highest BCUT2D eigenvalue weighted by atomic mass is 32.2. The van der Waals surface area contributed by atoms with E-state index < -0.39 is 45.2 Å². The number of aliphatic carboxylic acids is 2. The molecule has 0 saturated heterocycles. The quantitative estimate of drug-likeness (QED) is 0.195. The third-order valence-electron chi connectivity index (χ3n) is 6.90. The van der Waals surface area contributed by atoms with Gasteiger partial charge in [0.25, 0.3) is 0 Å². The normalized spacial score (nSPS) is 16.7. The minimum Gasteiger partial charge on any atom is -0.493 e. The molecule has 1 amide bonds. The fraction of sp³-hybridized carbons (Fsp3) is 0.310. The fourth-order valence-corrected chi connectivity index (χ4v) is 6.77. The molecule has 1 unspecified atom stereocenters. The molecule has 0 aliphatic heterocycles. The molecule has 2 heterocycles. The van der Waals surface area contributed by atoms with E-state index in [-0.39, 0.29) is 49.3 Å². The number of thiophene rings is 1. The zero-order valence-corrected chi connectivity index (χ0v) is 24.8. The van der Waals surface area contributed by atoms with Gasteiger partial charge in [0.15, 0.2) is 0 Å². The Bertz CT molecular complexity index is 1680. The van der Waals surface area contributed by atoms with Crippen LogP contribution >= 0.6 is 11.3 Å². The summed E-state index contributed by atoms with van der Waals surface area (Å²) in [6, 6.07) is 11.0. The van der Waals surface area contributed by atoms with Gasteiger partial charge >= 0.3 is 11.9 Å². The highest BCUT2D eigenvalue weighted by Crippen LogP contribution is 2.34. The summed E-state index contributed by atoms with van der Waals surface area (Å²) in [6.45, 7) is 0.714. The molecule has 0 saturated carbocycles. The van der Waals surface area contributed by atoms with Gasteiger partial charge in [0.05, 0.1) is 13.2 Å². The van der Waals surface area contributed by atoms with E-state index in [0.717, 1.165) is 4.90 Å². The lowest BCUT2D eigenvalue weighted by Crippen LogP contribution is -2.51. The molecule has 3 aromatic rings. The summed E-state index contributed by atoms with van der Waals surface area (Å²) in [5.74, 6) is -2.95. The number of benzene rings is 1. The molecule has 228 valence electrons. The van der Waals surface area contributed by atoms with Gasteiger partial charge < -0.3 is 24.8 Å². The van der Waals surface area contributed by atoms with Gasteiger partial charge in [-0.1, -0.05) is 36.4 Å². The molecule has 14 heteroatoms. The number of nitrogens with zero attached hydrogens (tertiary/aromatic N) is 1. The largest absolute Gasteiger partial charge is 0.493 e. The maximum absolute atomic E-state index is 14.1. The molecule has 0 spiro atoms. The summed E-state index contributed by atoms with van der Waals surface area (Å²) >= 11 is 1.32. The lowest BCUT2D eigenvalue weighted by molar-refractivity contribution is -0.145. The van der Waals surface area contributed by atoms with Gasteiger partial charge in [-0.25, -0.2) is 8.42 Å². The Morgan fingerprint density at radius 1 is 1.12 bits per heavy atom. The number of carbonyl (C=O) groups excluding carboxylic acids is 1. The van der Waals surface area contributed by atoms with Crippen LogP contribution in [0.25, 0.3) is 6.08 Å². The van der Waals surface area contributed by atoms with Crippen molar-refractivity contribution < 1.29 is 37.8 Å². The van der Waals surface area contributed by atoms with E-state index in [1.54, 1.807) is 35.7 Å². The molecular weight excluding hydrogens is 598 g/mol. The molecule has 4 N–H and O–H groups in total. The average Bonchev–Trinajstić information content (AvgIpc) is 3.46.